The predicted molar refractivity (Wildman–Crippen MR) is 80.3 cm³/mol. The fourth-order valence-electron chi connectivity index (χ4n) is 2.23. The monoisotopic (exact) mass is 273 g/mol. The van der Waals surface area contributed by atoms with Crippen molar-refractivity contribution in [2.75, 3.05) is 11.9 Å². The lowest BCUT2D eigenvalue weighted by Crippen LogP contribution is -2.22. The summed E-state index contributed by atoms with van der Waals surface area (Å²) in [7, 11) is 1.94. The van der Waals surface area contributed by atoms with Crippen molar-refractivity contribution >= 4 is 5.69 Å². The number of aliphatic hydroxyl groups excluding tert-OH is 1. The van der Waals surface area contributed by atoms with Crippen LogP contribution >= 0.6 is 0 Å². The molecule has 2 aromatic carbocycles. The van der Waals surface area contributed by atoms with Gasteiger partial charge in [0.25, 0.3) is 0 Å². The van der Waals surface area contributed by atoms with Crippen LogP contribution in [0.1, 0.15) is 37.1 Å². The van der Waals surface area contributed by atoms with Crippen LogP contribution in [0.2, 0.25) is 0 Å². The van der Waals surface area contributed by atoms with Crippen molar-refractivity contribution in [3.8, 4) is 0 Å². The molecule has 1 unspecified atom stereocenters. The van der Waals surface area contributed by atoms with E-state index in [-0.39, 0.29) is 11.9 Å². The second-order valence-corrected chi connectivity index (χ2v) is 5.08. The molecular formula is C17H20FNO. The number of halogens is 1. The molecule has 2 atom stereocenters. The van der Waals surface area contributed by atoms with Crippen molar-refractivity contribution in [2.45, 2.75) is 26.0 Å². The summed E-state index contributed by atoms with van der Waals surface area (Å²) in [6.45, 7) is 3.71. The van der Waals surface area contributed by atoms with Crippen molar-refractivity contribution in [3.63, 3.8) is 0 Å². The third kappa shape index (κ3) is 2.99. The van der Waals surface area contributed by atoms with E-state index in [1.165, 1.54) is 6.07 Å². The standard InChI is InChI=1S/C17H20FNO/c1-12(16-6-4-5-7-17(16)18)19(3)15-10-8-14(9-11-15)13(2)20/h4-13,20H,1-3H3/t12?,13-/m1/s1. The average Bonchev–Trinajstić information content (AvgIpc) is 2.46. The molecule has 0 bridgehead atoms. The molecule has 0 saturated carbocycles. The first-order valence-corrected chi connectivity index (χ1v) is 6.76. The molecule has 0 saturated heterocycles. The molecule has 0 spiro atoms. The number of hydrogen-bond acceptors (Lipinski definition) is 2. The van der Waals surface area contributed by atoms with Crippen LogP contribution in [-0.2, 0) is 0 Å². The maximum Gasteiger partial charge on any atom is 0.128 e. The van der Waals surface area contributed by atoms with Gasteiger partial charge in [0, 0.05) is 18.3 Å². The smallest absolute Gasteiger partial charge is 0.128 e. The fraction of sp³-hybridized carbons (Fsp3) is 0.294. The maximum absolute atomic E-state index is 13.8. The zero-order valence-electron chi connectivity index (χ0n) is 12.0. The number of rotatable bonds is 4. The van der Waals surface area contributed by atoms with Gasteiger partial charge in [0.2, 0.25) is 0 Å². The molecule has 0 heterocycles. The molecule has 0 aliphatic heterocycles. The van der Waals surface area contributed by atoms with E-state index in [0.29, 0.717) is 5.56 Å². The van der Waals surface area contributed by atoms with Crippen LogP contribution in [0, 0.1) is 5.82 Å². The van der Waals surface area contributed by atoms with E-state index in [4.69, 9.17) is 0 Å². The molecule has 20 heavy (non-hydrogen) atoms. The normalized spacial score (nSPS) is 13.8. The molecule has 3 heteroatoms. The Balaban J connectivity index is 2.22. The van der Waals surface area contributed by atoms with E-state index >= 15 is 0 Å². The maximum atomic E-state index is 13.8. The van der Waals surface area contributed by atoms with Gasteiger partial charge in [-0.15, -0.1) is 0 Å². The van der Waals surface area contributed by atoms with Gasteiger partial charge in [-0.25, -0.2) is 4.39 Å². The van der Waals surface area contributed by atoms with Gasteiger partial charge in [-0.1, -0.05) is 30.3 Å². The van der Waals surface area contributed by atoms with Crippen LogP contribution in [-0.4, -0.2) is 12.2 Å². The summed E-state index contributed by atoms with van der Waals surface area (Å²) >= 11 is 0. The first-order chi connectivity index (χ1) is 9.50. The molecule has 0 aliphatic carbocycles. The van der Waals surface area contributed by atoms with E-state index in [9.17, 15) is 9.50 Å². The quantitative estimate of drug-likeness (QED) is 0.907. The Hall–Kier alpha value is -1.87. The van der Waals surface area contributed by atoms with Crippen LogP contribution in [0.5, 0.6) is 0 Å². The zero-order chi connectivity index (χ0) is 14.7. The highest BCUT2D eigenvalue weighted by Gasteiger charge is 2.15. The Morgan fingerprint density at radius 2 is 1.60 bits per heavy atom. The summed E-state index contributed by atoms with van der Waals surface area (Å²) in [4.78, 5) is 2.02. The molecular weight excluding hydrogens is 253 g/mol. The van der Waals surface area contributed by atoms with Crippen LogP contribution in [0.3, 0.4) is 0 Å². The molecule has 2 nitrogen and oxygen atoms in total. The SMILES string of the molecule is CC(c1ccccc1F)N(C)c1ccc([C@@H](C)O)cc1. The number of hydrogen-bond donors (Lipinski definition) is 1. The highest BCUT2D eigenvalue weighted by Crippen LogP contribution is 2.27. The van der Waals surface area contributed by atoms with Gasteiger partial charge < -0.3 is 10.0 Å². The van der Waals surface area contributed by atoms with Gasteiger partial charge in [-0.3, -0.25) is 0 Å². The zero-order valence-corrected chi connectivity index (χ0v) is 12.0. The van der Waals surface area contributed by atoms with Crippen molar-refractivity contribution in [1.29, 1.82) is 0 Å². The van der Waals surface area contributed by atoms with Crippen LogP contribution in [0.4, 0.5) is 10.1 Å². The summed E-state index contributed by atoms with van der Waals surface area (Å²) < 4.78 is 13.8. The van der Waals surface area contributed by atoms with E-state index in [2.05, 4.69) is 0 Å². The minimum Gasteiger partial charge on any atom is -0.389 e. The number of anilines is 1. The lowest BCUT2D eigenvalue weighted by atomic mass is 10.1. The van der Waals surface area contributed by atoms with Crippen molar-refractivity contribution < 1.29 is 9.50 Å². The largest absolute Gasteiger partial charge is 0.389 e. The Kier molecular flexibility index (Phi) is 4.40. The molecule has 0 aliphatic rings. The van der Waals surface area contributed by atoms with Gasteiger partial charge in [0.1, 0.15) is 5.82 Å². The minimum absolute atomic E-state index is 0.0615. The summed E-state index contributed by atoms with van der Waals surface area (Å²) in [5.41, 5.74) is 2.54. The fourth-order valence-corrected chi connectivity index (χ4v) is 2.23. The van der Waals surface area contributed by atoms with Crippen molar-refractivity contribution in [3.05, 3.63) is 65.5 Å². The van der Waals surface area contributed by atoms with Gasteiger partial charge >= 0.3 is 0 Å². The third-order valence-electron chi connectivity index (χ3n) is 3.72. The molecule has 2 aromatic rings. The highest BCUT2D eigenvalue weighted by molar-refractivity contribution is 5.49. The van der Waals surface area contributed by atoms with E-state index in [1.807, 2.05) is 49.2 Å². The molecule has 2 rings (SSSR count). The van der Waals surface area contributed by atoms with Gasteiger partial charge in [-0.05, 0) is 37.6 Å². The van der Waals surface area contributed by atoms with Gasteiger partial charge in [-0.2, -0.15) is 0 Å². The van der Waals surface area contributed by atoms with Gasteiger partial charge in [0.15, 0.2) is 0 Å². The van der Waals surface area contributed by atoms with Gasteiger partial charge in [0.05, 0.1) is 12.1 Å². The molecule has 0 aromatic heterocycles. The van der Waals surface area contributed by atoms with Crippen molar-refractivity contribution in [1.82, 2.24) is 0 Å². The van der Waals surface area contributed by atoms with Crippen LogP contribution in [0.15, 0.2) is 48.5 Å². The number of benzene rings is 2. The summed E-state index contributed by atoms with van der Waals surface area (Å²) in [6, 6.07) is 14.4. The summed E-state index contributed by atoms with van der Waals surface area (Å²) in [5, 5.41) is 9.51. The molecule has 1 N–H and O–H groups in total. The molecule has 0 amide bonds. The molecule has 0 fully saturated rings. The molecule has 106 valence electrons. The van der Waals surface area contributed by atoms with E-state index in [0.717, 1.165) is 11.3 Å². The topological polar surface area (TPSA) is 23.5 Å². The second kappa shape index (κ2) is 6.06. The van der Waals surface area contributed by atoms with Crippen molar-refractivity contribution in [2.24, 2.45) is 0 Å². The van der Waals surface area contributed by atoms with E-state index < -0.39 is 6.10 Å². The predicted octanol–water partition coefficient (Wildman–Crippen LogP) is 4.08. The number of aliphatic hydroxyl groups is 1. The Labute approximate surface area is 119 Å². The first kappa shape index (κ1) is 14.5. The minimum atomic E-state index is -0.474. The Morgan fingerprint density at radius 1 is 1.00 bits per heavy atom. The van der Waals surface area contributed by atoms with E-state index in [1.54, 1.807) is 19.1 Å². The first-order valence-electron chi connectivity index (χ1n) is 6.76. The highest BCUT2D eigenvalue weighted by atomic mass is 19.1. The lowest BCUT2D eigenvalue weighted by Gasteiger charge is -2.28. The third-order valence-corrected chi connectivity index (χ3v) is 3.72. The second-order valence-electron chi connectivity index (χ2n) is 5.08. The average molecular weight is 273 g/mol. The summed E-state index contributed by atoms with van der Waals surface area (Å²) in [6.07, 6.45) is -0.474. The van der Waals surface area contributed by atoms with Crippen LogP contribution in [0.25, 0.3) is 0 Å². The van der Waals surface area contributed by atoms with Crippen LogP contribution < -0.4 is 4.90 Å². The Morgan fingerprint density at radius 3 is 2.15 bits per heavy atom. The lowest BCUT2D eigenvalue weighted by molar-refractivity contribution is 0.199. The summed E-state index contributed by atoms with van der Waals surface area (Å²) in [5.74, 6) is -0.188. The number of nitrogens with zero attached hydrogens (tertiary/aromatic N) is 1. The molecule has 0 radical (unpaired) electrons. The Bertz CT molecular complexity index is 565.